The monoisotopic (exact) mass is 326 g/mol. The van der Waals surface area contributed by atoms with Crippen LogP contribution in [0.25, 0.3) is 5.76 Å². The molecule has 0 spiro atoms. The molecule has 0 saturated carbocycles. The number of halogens is 2. The smallest absolute Gasteiger partial charge is 0.171 e. The minimum absolute atomic E-state index is 0.155. The van der Waals surface area contributed by atoms with Crippen molar-refractivity contribution in [3.63, 3.8) is 0 Å². The van der Waals surface area contributed by atoms with E-state index in [9.17, 15) is 0 Å². The van der Waals surface area contributed by atoms with Gasteiger partial charge in [0.25, 0.3) is 0 Å². The average Bonchev–Trinajstić information content (AvgIpc) is 2.48. The number of nitrogens with two attached hydrogens (primary N) is 2. The van der Waals surface area contributed by atoms with Gasteiger partial charge in [-0.05, 0) is 0 Å². The number of rotatable bonds is 4. The van der Waals surface area contributed by atoms with E-state index in [-0.39, 0.29) is 27.5 Å². The number of hydrogen-bond acceptors (Lipinski definition) is 7. The molecule has 2 rings (SSSR count). The molecule has 0 bridgehead atoms. The summed E-state index contributed by atoms with van der Waals surface area (Å²) in [5, 5.41) is 3.27. The maximum absolute atomic E-state index is 6.20. The molecule has 5 N–H and O–H groups in total. The Bertz CT molecular complexity index is 691. The van der Waals surface area contributed by atoms with Gasteiger partial charge in [0.2, 0.25) is 0 Å². The van der Waals surface area contributed by atoms with E-state index in [1.165, 1.54) is 24.8 Å². The number of ether oxygens (including phenoxy) is 1. The molecule has 0 aliphatic heterocycles. The number of nitrogen functional groups attached to an aromatic ring is 1. The average molecular weight is 327 g/mol. The maximum atomic E-state index is 6.20. The number of anilines is 2. The zero-order valence-corrected chi connectivity index (χ0v) is 12.5. The zero-order chi connectivity index (χ0) is 15.4. The molecule has 0 atom stereocenters. The lowest BCUT2D eigenvalue weighted by Gasteiger charge is -2.13. The summed E-state index contributed by atoms with van der Waals surface area (Å²) in [6.45, 7) is 0. The molecule has 2 heterocycles. The summed E-state index contributed by atoms with van der Waals surface area (Å²) in [4.78, 5) is 12.0. The summed E-state index contributed by atoms with van der Waals surface area (Å²) >= 11 is 12.2. The quantitative estimate of drug-likeness (QED) is 0.738. The Kier molecular flexibility index (Phi) is 4.66. The number of hydrogen-bond donors (Lipinski definition) is 3. The fourth-order valence-electron chi connectivity index (χ4n) is 1.56. The first-order valence-electron chi connectivity index (χ1n) is 5.76. The Morgan fingerprint density at radius 1 is 1.29 bits per heavy atom. The van der Waals surface area contributed by atoms with Crippen molar-refractivity contribution in [2.45, 2.75) is 0 Å². The summed E-state index contributed by atoms with van der Waals surface area (Å²) in [7, 11) is 1.67. The van der Waals surface area contributed by atoms with Gasteiger partial charge in [0.15, 0.2) is 16.7 Å². The third-order valence-electron chi connectivity index (χ3n) is 2.52. The lowest BCUT2D eigenvalue weighted by atomic mass is 10.3. The number of pyridine rings is 1. The van der Waals surface area contributed by atoms with Gasteiger partial charge in [0.1, 0.15) is 16.5 Å². The molecular formula is C12H12Cl2N6O. The van der Waals surface area contributed by atoms with Crippen LogP contribution in [0.5, 0.6) is 5.75 Å². The number of nitrogens with one attached hydrogen (secondary N) is 1. The van der Waals surface area contributed by atoms with E-state index in [1.807, 2.05) is 0 Å². The van der Waals surface area contributed by atoms with Crippen molar-refractivity contribution in [1.82, 2.24) is 15.0 Å². The van der Waals surface area contributed by atoms with E-state index in [2.05, 4.69) is 20.3 Å². The summed E-state index contributed by atoms with van der Waals surface area (Å²) in [5.41, 5.74) is 12.0. The van der Waals surface area contributed by atoms with Gasteiger partial charge < -0.3 is 21.5 Å². The number of nitrogens with zero attached hydrogens (tertiary/aromatic N) is 3. The first-order chi connectivity index (χ1) is 10.1. The molecule has 0 aliphatic carbocycles. The van der Waals surface area contributed by atoms with Crippen LogP contribution in [0.15, 0.2) is 24.8 Å². The van der Waals surface area contributed by atoms with E-state index < -0.39 is 0 Å². The van der Waals surface area contributed by atoms with Crippen LogP contribution in [0.4, 0.5) is 11.5 Å². The molecule has 110 valence electrons. The molecule has 0 aliphatic rings. The van der Waals surface area contributed by atoms with Crippen LogP contribution < -0.4 is 21.5 Å². The van der Waals surface area contributed by atoms with Crippen molar-refractivity contribution in [3.05, 3.63) is 40.7 Å². The van der Waals surface area contributed by atoms with Gasteiger partial charge in [-0.3, -0.25) is 0 Å². The Morgan fingerprint density at radius 3 is 2.62 bits per heavy atom. The van der Waals surface area contributed by atoms with Crippen LogP contribution in [-0.2, 0) is 0 Å². The molecule has 2 aromatic rings. The third kappa shape index (κ3) is 3.09. The lowest BCUT2D eigenvalue weighted by Crippen LogP contribution is -2.05. The zero-order valence-electron chi connectivity index (χ0n) is 11.0. The second kappa shape index (κ2) is 6.47. The molecule has 0 amide bonds. The summed E-state index contributed by atoms with van der Waals surface area (Å²) in [6.07, 6.45) is 5.51. The second-order valence-electron chi connectivity index (χ2n) is 3.78. The normalized spacial score (nSPS) is 11.3. The van der Waals surface area contributed by atoms with Crippen molar-refractivity contribution in [3.8, 4) is 5.75 Å². The Hall–Kier alpha value is -2.25. The summed E-state index contributed by atoms with van der Waals surface area (Å²) in [5.74, 6) is 0.711. The van der Waals surface area contributed by atoms with Crippen LogP contribution >= 0.6 is 23.2 Å². The van der Waals surface area contributed by atoms with Crippen LogP contribution in [0.1, 0.15) is 5.69 Å². The summed E-state index contributed by atoms with van der Waals surface area (Å²) < 4.78 is 5.62. The van der Waals surface area contributed by atoms with E-state index in [0.29, 0.717) is 11.4 Å². The van der Waals surface area contributed by atoms with Crippen molar-refractivity contribution in [1.29, 1.82) is 0 Å². The fraction of sp³-hybridized carbons (Fsp3) is 0.0833. The van der Waals surface area contributed by atoms with Gasteiger partial charge in [0.05, 0.1) is 11.9 Å². The fourth-order valence-corrected chi connectivity index (χ4v) is 2.04. The molecule has 2 aromatic heterocycles. The third-order valence-corrected chi connectivity index (χ3v) is 3.17. The molecule has 9 heteroatoms. The topological polar surface area (TPSA) is 112 Å². The predicted molar refractivity (Wildman–Crippen MR) is 83.0 cm³/mol. The minimum Gasteiger partial charge on any atom is -0.450 e. The molecule has 0 aromatic carbocycles. The van der Waals surface area contributed by atoms with Gasteiger partial charge in [0, 0.05) is 25.6 Å². The second-order valence-corrected chi connectivity index (χ2v) is 4.51. The van der Waals surface area contributed by atoms with Crippen molar-refractivity contribution < 1.29 is 4.74 Å². The highest BCUT2D eigenvalue weighted by molar-refractivity contribution is 6.35. The van der Waals surface area contributed by atoms with Crippen molar-refractivity contribution in [2.75, 3.05) is 18.1 Å². The molecule has 0 saturated heterocycles. The van der Waals surface area contributed by atoms with E-state index in [1.54, 1.807) is 7.05 Å². The number of aromatic nitrogens is 3. The highest BCUT2D eigenvalue weighted by atomic mass is 35.5. The van der Waals surface area contributed by atoms with Crippen LogP contribution in [0, 0.1) is 0 Å². The Morgan fingerprint density at radius 2 is 2.00 bits per heavy atom. The van der Waals surface area contributed by atoms with Gasteiger partial charge in [-0.2, -0.15) is 0 Å². The first kappa shape index (κ1) is 15.1. The van der Waals surface area contributed by atoms with Crippen LogP contribution in [-0.4, -0.2) is 22.0 Å². The summed E-state index contributed by atoms with van der Waals surface area (Å²) in [6, 6.07) is 0. The molecule has 0 fully saturated rings. The SMILES string of the molecule is CNc1c(N)ncc(O/C(=C/N)c2nccnc2Cl)c1Cl. The first-order valence-corrected chi connectivity index (χ1v) is 6.52. The molecule has 7 nitrogen and oxygen atoms in total. The highest BCUT2D eigenvalue weighted by Crippen LogP contribution is 2.36. The van der Waals surface area contributed by atoms with E-state index in [4.69, 9.17) is 39.4 Å². The van der Waals surface area contributed by atoms with Crippen LogP contribution in [0.3, 0.4) is 0 Å². The highest BCUT2D eigenvalue weighted by Gasteiger charge is 2.16. The van der Waals surface area contributed by atoms with Gasteiger partial charge in [-0.1, -0.05) is 23.2 Å². The van der Waals surface area contributed by atoms with Gasteiger partial charge >= 0.3 is 0 Å². The lowest BCUT2D eigenvalue weighted by molar-refractivity contribution is 0.508. The maximum Gasteiger partial charge on any atom is 0.171 e. The molecule has 0 unspecified atom stereocenters. The standard InChI is InChI=1S/C12H12Cl2N6O/c1-17-10-8(13)7(5-20-12(10)16)21-6(4-15)9-11(14)19-3-2-18-9/h2-5,17H,15H2,1H3,(H2,16,20)/b6-4+. The molecular weight excluding hydrogens is 315 g/mol. The van der Waals surface area contributed by atoms with Gasteiger partial charge in [-0.15, -0.1) is 0 Å². The Labute approximate surface area is 131 Å². The van der Waals surface area contributed by atoms with Gasteiger partial charge in [-0.25, -0.2) is 15.0 Å². The van der Waals surface area contributed by atoms with Crippen molar-refractivity contribution >= 4 is 40.5 Å². The minimum atomic E-state index is 0.155. The molecule has 0 radical (unpaired) electrons. The molecule has 21 heavy (non-hydrogen) atoms. The van der Waals surface area contributed by atoms with Crippen molar-refractivity contribution in [2.24, 2.45) is 5.73 Å². The van der Waals surface area contributed by atoms with E-state index >= 15 is 0 Å². The Balaban J connectivity index is 2.39. The van der Waals surface area contributed by atoms with E-state index in [0.717, 1.165) is 0 Å². The predicted octanol–water partition coefficient (Wildman–Crippen LogP) is 2.14. The largest absolute Gasteiger partial charge is 0.450 e. The van der Waals surface area contributed by atoms with Crippen LogP contribution in [0.2, 0.25) is 10.2 Å².